The van der Waals surface area contributed by atoms with Gasteiger partial charge in [0.1, 0.15) is 21.7 Å². The number of fused-ring (bicyclic) bond motifs is 4. The standard InChI is InChI=1S/C29H29FN4O5.C27H27FN4O4.C26H25FN4O5.C26H25FN4O4S/c1-3-32-12-14-33(15-13-32)26(36)20-6-4-19(5-7-20)10-11-29(16-23(35)31-28(29)38)18-34-17-21-8-9-22(39-2)25(30)24(21)27(34)37;1-36-21-8-6-19-15-32(25(34)23(19)24(21)28)17-27(13-22(33)30-26(27)35)10-9-18-5-7-20(29-14-18)16-31-11-3-2-4-12-31;2*1-35-20-5-3-18-14-31(24(33)22(18)23(20)27)16-26(12-21(32)29-25(26)34)7-6-17-2-4-19(28-13-17)15-30-8-10-36-11-9-30/h4-9H,3,12-18H2,1-2H3,(H,31,35,38);5-8,14H,2-4,11-13,15-17H2,1H3,(H,30,33,35);2*2-5,13H,8-12,14-16H2,1H3,(H,29,32,34)/t29-;27-;2*26-/m1111/s1. The summed E-state index contributed by atoms with van der Waals surface area (Å²) in [6, 6.07) is 30.3. The third kappa shape index (κ3) is 22.7. The van der Waals surface area contributed by atoms with Crippen LogP contribution in [0.25, 0.3) is 0 Å². The Kier molecular flexibility index (Phi) is 31.4. The first kappa shape index (κ1) is 103. The van der Waals surface area contributed by atoms with Crippen molar-refractivity contribution in [3.8, 4) is 70.4 Å². The quantitative estimate of drug-likeness (QED) is 0.0345. The SMILES string of the molecule is CCN1CCN(C(=O)c2ccc(C#C[C@]3(CN4Cc5ccc(OC)c(F)c5C4=O)CC(=O)NC3=O)cc2)CC1.COc1ccc2c(c1F)C(=O)N(C[C@@]1(C#Cc3ccc(CN4CCCCC4)nc3)CC(=O)NC1=O)C2.COc1ccc2c(c1F)C(=O)N(C[C@@]1(C#Cc3ccc(CN4CCOCC4)nc3)CC(=O)NC1=O)C2.COc1ccc2c(c1F)C(=O)N(C[C@@]1(C#Cc3ccc(CN4CCSCC4)nc3)CC(=O)NC1=O)C2. The van der Waals surface area contributed by atoms with Crippen LogP contribution in [-0.4, -0.2) is 287 Å². The van der Waals surface area contributed by atoms with Crippen LogP contribution < -0.4 is 40.2 Å². The Balaban J connectivity index is 0.000000134. The summed E-state index contributed by atoms with van der Waals surface area (Å²) in [4.78, 5) is 195. The van der Waals surface area contributed by atoms with E-state index in [0.29, 0.717) is 82.9 Å². The molecule has 147 heavy (non-hydrogen) atoms. The van der Waals surface area contributed by atoms with Gasteiger partial charge in [0.25, 0.3) is 29.5 Å². The van der Waals surface area contributed by atoms with Crippen LogP contribution in [0.15, 0.2) is 128 Å². The fourth-order valence-corrected chi connectivity index (χ4v) is 20.7. The van der Waals surface area contributed by atoms with Crippen molar-refractivity contribution in [2.75, 3.05) is 151 Å². The molecule has 760 valence electrons. The van der Waals surface area contributed by atoms with Crippen molar-refractivity contribution in [1.29, 1.82) is 0 Å². The van der Waals surface area contributed by atoms with E-state index in [1.807, 2.05) is 53.1 Å². The number of rotatable bonds is 20. The fraction of sp³-hybridized carbons (Fsp3) is 0.389. The third-order valence-corrected chi connectivity index (χ3v) is 28.8. The second kappa shape index (κ2) is 44.8. The smallest absolute Gasteiger partial charge is 0.257 e. The molecule has 15 heterocycles. The molecule has 0 radical (unpaired) electrons. The summed E-state index contributed by atoms with van der Waals surface area (Å²) in [5.41, 5.74) is 1.53. The number of thioether (sulfide) groups is 1. The molecular formula is C108H106F4N16O18S. The Morgan fingerprint density at radius 3 is 0.952 bits per heavy atom. The summed E-state index contributed by atoms with van der Waals surface area (Å²) in [6.45, 7) is 15.6. The minimum Gasteiger partial charge on any atom is -0.494 e. The highest BCUT2D eigenvalue weighted by Gasteiger charge is 2.54. The van der Waals surface area contributed by atoms with Crippen LogP contribution in [0.4, 0.5) is 17.6 Å². The van der Waals surface area contributed by atoms with Crippen LogP contribution in [0.3, 0.4) is 0 Å². The summed E-state index contributed by atoms with van der Waals surface area (Å²) in [5, 5.41) is 9.19. The molecular weight excluding hydrogens is 1920 g/mol. The Hall–Kier alpha value is -15.2. The molecule has 0 bridgehead atoms. The fourth-order valence-electron chi connectivity index (χ4n) is 19.7. The third-order valence-electron chi connectivity index (χ3n) is 27.9. The molecule has 5 aromatic carbocycles. The molecule has 0 saturated carbocycles. The highest BCUT2D eigenvalue weighted by molar-refractivity contribution is 7.99. The number of carbonyl (C=O) groups excluding carboxylic acids is 13. The van der Waals surface area contributed by atoms with E-state index in [0.717, 1.165) is 101 Å². The topological polar surface area (TPSA) is 384 Å². The lowest BCUT2D eigenvalue weighted by Gasteiger charge is -2.34. The van der Waals surface area contributed by atoms with Crippen molar-refractivity contribution in [1.82, 2.24) is 80.3 Å². The summed E-state index contributed by atoms with van der Waals surface area (Å²) < 4.78 is 84.4. The highest BCUT2D eigenvalue weighted by Crippen LogP contribution is 2.42. The number of likely N-dealkylation sites (tertiary alicyclic amines) is 1. The Labute approximate surface area is 849 Å². The van der Waals surface area contributed by atoms with Crippen molar-refractivity contribution in [2.24, 2.45) is 21.7 Å². The number of likely N-dealkylation sites (N-methyl/N-ethyl adjacent to an activating group) is 1. The second-order valence-electron chi connectivity index (χ2n) is 37.7. The first-order valence-corrected chi connectivity index (χ1v) is 49.4. The first-order valence-electron chi connectivity index (χ1n) is 48.3. The Bertz CT molecular complexity index is 6400. The van der Waals surface area contributed by atoms with Crippen molar-refractivity contribution in [3.05, 3.63) is 240 Å². The van der Waals surface area contributed by atoms with Crippen LogP contribution in [0.1, 0.15) is 165 Å². The number of nitrogens with zero attached hydrogens (tertiary/aromatic N) is 12. The van der Waals surface area contributed by atoms with E-state index in [1.165, 1.54) is 91.6 Å². The number of amides is 13. The van der Waals surface area contributed by atoms with Gasteiger partial charge in [-0.2, -0.15) is 11.8 Å². The summed E-state index contributed by atoms with van der Waals surface area (Å²) in [5.74, 6) is 16.3. The largest absolute Gasteiger partial charge is 0.494 e. The molecule has 8 fully saturated rings. The van der Waals surface area contributed by atoms with Crippen molar-refractivity contribution < 1.29 is 104 Å². The molecule has 12 aliphatic rings. The van der Waals surface area contributed by atoms with Crippen LogP contribution >= 0.6 is 11.8 Å². The van der Waals surface area contributed by atoms with Gasteiger partial charge in [0.05, 0.1) is 107 Å². The van der Waals surface area contributed by atoms with Gasteiger partial charge in [0, 0.05) is 182 Å². The number of piperazine rings is 1. The predicted octanol–water partition coefficient (Wildman–Crippen LogP) is 6.83. The molecule has 20 rings (SSSR count). The Morgan fingerprint density at radius 2 is 0.667 bits per heavy atom. The van der Waals surface area contributed by atoms with Crippen LogP contribution in [0.2, 0.25) is 0 Å². The molecule has 0 aliphatic carbocycles. The average molecular weight is 2020 g/mol. The molecule has 34 nitrogen and oxygen atoms in total. The maximum absolute atomic E-state index is 14.8. The zero-order valence-electron chi connectivity index (χ0n) is 81.6. The molecule has 0 spiro atoms. The molecule has 8 aromatic rings. The number of ether oxygens (including phenoxy) is 5. The number of halogens is 4. The number of methoxy groups -OCH3 is 4. The van der Waals surface area contributed by atoms with Gasteiger partial charge in [-0.25, -0.2) is 17.6 Å². The zero-order chi connectivity index (χ0) is 104. The minimum atomic E-state index is -1.48. The average Bonchev–Trinajstić information content (AvgIpc) is 1.62. The summed E-state index contributed by atoms with van der Waals surface area (Å²) in [7, 11) is 5.30. The first-order chi connectivity index (χ1) is 70.9. The summed E-state index contributed by atoms with van der Waals surface area (Å²) >= 11 is 1.95. The van der Waals surface area contributed by atoms with Gasteiger partial charge in [-0.3, -0.25) is 113 Å². The van der Waals surface area contributed by atoms with Gasteiger partial charge in [0.2, 0.25) is 47.3 Å². The van der Waals surface area contributed by atoms with Gasteiger partial charge in [0.15, 0.2) is 46.3 Å². The molecule has 3 aromatic heterocycles. The number of imide groups is 4. The van der Waals surface area contributed by atoms with E-state index < -0.39 is 116 Å². The zero-order valence-corrected chi connectivity index (χ0v) is 82.4. The normalized spacial score (nSPS) is 21.5. The van der Waals surface area contributed by atoms with E-state index in [2.05, 4.69) is 110 Å². The van der Waals surface area contributed by atoms with Gasteiger partial charge < -0.3 is 53.1 Å². The molecule has 13 amide bonds. The van der Waals surface area contributed by atoms with E-state index in [9.17, 15) is 79.9 Å². The number of carbonyl (C=O) groups is 13. The van der Waals surface area contributed by atoms with Crippen LogP contribution in [0.5, 0.6) is 23.0 Å². The van der Waals surface area contributed by atoms with Crippen molar-refractivity contribution >= 4 is 88.6 Å². The number of hydrogen-bond donors (Lipinski definition) is 4. The van der Waals surface area contributed by atoms with E-state index >= 15 is 0 Å². The maximum atomic E-state index is 14.8. The molecule has 12 aliphatic heterocycles. The van der Waals surface area contributed by atoms with E-state index in [-0.39, 0.29) is 129 Å². The molecule has 4 N–H and O–H groups in total. The number of benzene rings is 5. The summed E-state index contributed by atoms with van der Waals surface area (Å²) in [6.07, 6.45) is 7.87. The second-order valence-corrected chi connectivity index (χ2v) is 38.9. The number of aromatic nitrogens is 3. The highest BCUT2D eigenvalue weighted by atomic mass is 32.2. The number of morpholine rings is 1. The molecule has 0 unspecified atom stereocenters. The van der Waals surface area contributed by atoms with Gasteiger partial charge in [-0.05, 0) is 140 Å². The number of hydrogen-bond acceptors (Lipinski definition) is 26. The monoisotopic (exact) mass is 2020 g/mol. The van der Waals surface area contributed by atoms with Crippen LogP contribution in [0, 0.1) is 92.3 Å². The predicted molar refractivity (Wildman–Crippen MR) is 524 cm³/mol. The molecule has 4 atom stereocenters. The van der Waals surface area contributed by atoms with E-state index in [4.69, 9.17) is 23.7 Å². The van der Waals surface area contributed by atoms with E-state index in [1.54, 1.807) is 67.1 Å². The van der Waals surface area contributed by atoms with Gasteiger partial charge in [-0.1, -0.05) is 85.0 Å². The maximum Gasteiger partial charge on any atom is 0.257 e. The van der Waals surface area contributed by atoms with Gasteiger partial charge in [-0.15, -0.1) is 0 Å². The van der Waals surface area contributed by atoms with Gasteiger partial charge >= 0.3 is 0 Å². The minimum absolute atomic E-state index is 0.0246. The lowest BCUT2D eigenvalue weighted by atomic mass is 9.85. The van der Waals surface area contributed by atoms with Crippen molar-refractivity contribution in [2.45, 2.75) is 97.7 Å². The lowest BCUT2D eigenvalue weighted by molar-refractivity contribution is -0.128. The number of pyridine rings is 3. The molecule has 39 heteroatoms. The Morgan fingerprint density at radius 1 is 0.367 bits per heavy atom. The number of piperidine rings is 1. The van der Waals surface area contributed by atoms with Crippen LogP contribution in [-0.2, 0) is 88.9 Å². The lowest BCUT2D eigenvalue weighted by Crippen LogP contribution is -2.48. The van der Waals surface area contributed by atoms with Crippen molar-refractivity contribution in [3.63, 3.8) is 0 Å². The molecule has 8 saturated heterocycles. The number of nitrogens with one attached hydrogen (secondary N) is 4.